The number of amidine groups is 1. The molecule has 0 spiro atoms. The van der Waals surface area contributed by atoms with E-state index in [2.05, 4.69) is 5.16 Å². The quantitative estimate of drug-likeness (QED) is 0.278. The van der Waals surface area contributed by atoms with Crippen LogP contribution in [0, 0.1) is 6.92 Å². The summed E-state index contributed by atoms with van der Waals surface area (Å²) in [7, 11) is 0. The number of nitrogens with two attached hydrogens (primary N) is 1. The van der Waals surface area contributed by atoms with Crippen LogP contribution >= 0.6 is 11.6 Å². The highest BCUT2D eigenvalue weighted by Crippen LogP contribution is 2.25. The molecule has 5 heteroatoms. The number of aromatic hydroxyl groups is 1. The second-order valence-corrected chi connectivity index (χ2v) is 3.01. The Bertz CT molecular complexity index is 363. The Balaban J connectivity index is 3.32. The lowest BCUT2D eigenvalue weighted by Gasteiger charge is -2.05. The number of rotatable bonds is 1. The first-order valence-electron chi connectivity index (χ1n) is 3.53. The van der Waals surface area contributed by atoms with Crippen LogP contribution < -0.4 is 5.73 Å². The Hall–Kier alpha value is -1.42. The highest BCUT2D eigenvalue weighted by Gasteiger charge is 2.08. The van der Waals surface area contributed by atoms with Gasteiger partial charge < -0.3 is 16.0 Å². The average molecular weight is 201 g/mol. The van der Waals surface area contributed by atoms with Crippen LogP contribution in [0.25, 0.3) is 0 Å². The Kier molecular flexibility index (Phi) is 2.63. The number of hydrogen-bond acceptors (Lipinski definition) is 3. The van der Waals surface area contributed by atoms with Gasteiger partial charge in [-0.15, -0.1) is 0 Å². The molecule has 1 aromatic carbocycles. The second kappa shape index (κ2) is 3.53. The minimum absolute atomic E-state index is 0.0758. The zero-order chi connectivity index (χ0) is 10.0. The first kappa shape index (κ1) is 9.67. The van der Waals surface area contributed by atoms with E-state index in [0.717, 1.165) is 0 Å². The maximum atomic E-state index is 9.25. The van der Waals surface area contributed by atoms with Crippen molar-refractivity contribution in [1.82, 2.24) is 0 Å². The van der Waals surface area contributed by atoms with E-state index in [4.69, 9.17) is 22.5 Å². The van der Waals surface area contributed by atoms with Crippen molar-refractivity contribution in [2.24, 2.45) is 10.9 Å². The Morgan fingerprint density at radius 2 is 2.15 bits per heavy atom. The van der Waals surface area contributed by atoms with Gasteiger partial charge in [0.2, 0.25) is 0 Å². The van der Waals surface area contributed by atoms with Gasteiger partial charge in [-0.1, -0.05) is 16.8 Å². The van der Waals surface area contributed by atoms with Crippen LogP contribution in [0.4, 0.5) is 0 Å². The van der Waals surface area contributed by atoms with E-state index in [1.54, 1.807) is 13.0 Å². The number of hydrogen-bond donors (Lipinski definition) is 3. The van der Waals surface area contributed by atoms with Gasteiger partial charge in [-0.2, -0.15) is 0 Å². The molecule has 0 amide bonds. The largest absolute Gasteiger partial charge is 0.508 e. The van der Waals surface area contributed by atoms with Crippen LogP contribution in [-0.2, 0) is 0 Å². The molecule has 1 aromatic rings. The Morgan fingerprint density at radius 1 is 1.54 bits per heavy atom. The van der Waals surface area contributed by atoms with E-state index in [1.807, 2.05) is 0 Å². The Morgan fingerprint density at radius 3 is 2.69 bits per heavy atom. The number of aryl methyl sites for hydroxylation is 1. The fraction of sp³-hybridized carbons (Fsp3) is 0.125. The summed E-state index contributed by atoms with van der Waals surface area (Å²) in [5, 5.41) is 20.7. The maximum Gasteiger partial charge on any atom is 0.171 e. The molecule has 0 saturated carbocycles. The van der Waals surface area contributed by atoms with Crippen LogP contribution in [0.1, 0.15) is 11.1 Å². The molecule has 0 heterocycles. The molecule has 4 N–H and O–H groups in total. The fourth-order valence-corrected chi connectivity index (χ4v) is 1.18. The van der Waals surface area contributed by atoms with Gasteiger partial charge in [0, 0.05) is 5.56 Å². The average Bonchev–Trinajstić information content (AvgIpc) is 2.10. The van der Waals surface area contributed by atoms with Gasteiger partial charge in [0.25, 0.3) is 0 Å². The number of benzene rings is 1. The monoisotopic (exact) mass is 200 g/mol. The molecule has 0 bridgehead atoms. The van der Waals surface area contributed by atoms with Crippen LogP contribution in [-0.4, -0.2) is 16.1 Å². The highest BCUT2D eigenvalue weighted by atomic mass is 35.5. The third-order valence-corrected chi connectivity index (χ3v) is 1.98. The zero-order valence-electron chi connectivity index (χ0n) is 6.95. The molecule has 1 rings (SSSR count). The normalized spacial score (nSPS) is 11.7. The van der Waals surface area contributed by atoms with Gasteiger partial charge in [-0.3, -0.25) is 0 Å². The van der Waals surface area contributed by atoms with E-state index >= 15 is 0 Å². The van der Waals surface area contributed by atoms with Crippen molar-refractivity contribution in [2.75, 3.05) is 0 Å². The van der Waals surface area contributed by atoms with Gasteiger partial charge in [0.05, 0.1) is 5.02 Å². The molecule has 0 aliphatic rings. The van der Waals surface area contributed by atoms with E-state index in [9.17, 15) is 5.11 Å². The summed E-state index contributed by atoms with van der Waals surface area (Å²) in [6, 6.07) is 2.90. The molecule has 0 saturated heterocycles. The van der Waals surface area contributed by atoms with Crippen molar-refractivity contribution < 1.29 is 10.3 Å². The Labute approximate surface area is 80.2 Å². The lowest BCUT2D eigenvalue weighted by atomic mass is 10.1. The summed E-state index contributed by atoms with van der Waals surface area (Å²) in [5.41, 5.74) is 6.37. The second-order valence-electron chi connectivity index (χ2n) is 2.60. The van der Waals surface area contributed by atoms with Crippen LogP contribution in [0.5, 0.6) is 5.75 Å². The van der Waals surface area contributed by atoms with Gasteiger partial charge in [-0.05, 0) is 24.6 Å². The minimum atomic E-state index is -0.0758. The molecule has 0 aromatic heterocycles. The van der Waals surface area contributed by atoms with Crippen molar-refractivity contribution in [2.45, 2.75) is 6.92 Å². The first-order chi connectivity index (χ1) is 6.06. The van der Waals surface area contributed by atoms with Crippen LogP contribution in [0.2, 0.25) is 5.02 Å². The van der Waals surface area contributed by atoms with Crippen molar-refractivity contribution in [3.63, 3.8) is 0 Å². The molecule has 0 unspecified atom stereocenters. The van der Waals surface area contributed by atoms with Crippen LogP contribution in [0.3, 0.4) is 0 Å². The van der Waals surface area contributed by atoms with E-state index in [-0.39, 0.29) is 16.6 Å². The van der Waals surface area contributed by atoms with E-state index in [0.29, 0.717) is 11.1 Å². The van der Waals surface area contributed by atoms with E-state index < -0.39 is 0 Å². The third kappa shape index (κ3) is 1.84. The summed E-state index contributed by atoms with van der Waals surface area (Å²) in [6.45, 7) is 1.69. The first-order valence-corrected chi connectivity index (χ1v) is 3.91. The number of phenolic OH excluding ortho intramolecular Hbond substituents is 1. The number of phenols is 1. The molecule has 0 radical (unpaired) electrons. The summed E-state index contributed by atoms with van der Waals surface area (Å²) in [6.07, 6.45) is 0. The molecule has 0 atom stereocenters. The van der Waals surface area contributed by atoms with Gasteiger partial charge in [0.1, 0.15) is 5.75 Å². The maximum absolute atomic E-state index is 9.25. The van der Waals surface area contributed by atoms with Crippen molar-refractivity contribution in [3.05, 3.63) is 28.3 Å². The van der Waals surface area contributed by atoms with Gasteiger partial charge in [-0.25, -0.2) is 0 Å². The minimum Gasteiger partial charge on any atom is -0.508 e. The molecule has 13 heavy (non-hydrogen) atoms. The lowest BCUT2D eigenvalue weighted by molar-refractivity contribution is 0.318. The molecular formula is C8H9ClN2O2. The number of oxime groups is 1. The van der Waals surface area contributed by atoms with Crippen molar-refractivity contribution in [1.29, 1.82) is 0 Å². The zero-order valence-corrected chi connectivity index (χ0v) is 7.71. The smallest absolute Gasteiger partial charge is 0.171 e. The SMILES string of the molecule is Cc1cc(C(N)=NO)c(Cl)cc1O. The fourth-order valence-electron chi connectivity index (χ4n) is 0.921. The summed E-state index contributed by atoms with van der Waals surface area (Å²) >= 11 is 5.74. The summed E-state index contributed by atoms with van der Waals surface area (Å²) < 4.78 is 0. The van der Waals surface area contributed by atoms with E-state index in [1.165, 1.54) is 6.07 Å². The lowest BCUT2D eigenvalue weighted by Crippen LogP contribution is -2.13. The predicted octanol–water partition coefficient (Wildman–Crippen LogP) is 1.45. The summed E-state index contributed by atoms with van der Waals surface area (Å²) in [5.74, 6) is 0.00703. The number of nitrogens with zero attached hydrogens (tertiary/aromatic N) is 1. The van der Waals surface area contributed by atoms with Crippen molar-refractivity contribution in [3.8, 4) is 5.75 Å². The third-order valence-electron chi connectivity index (χ3n) is 1.67. The molecule has 0 aliphatic carbocycles. The highest BCUT2D eigenvalue weighted by molar-refractivity contribution is 6.34. The molecule has 4 nitrogen and oxygen atoms in total. The predicted molar refractivity (Wildman–Crippen MR) is 50.4 cm³/mol. The molecule has 0 aliphatic heterocycles. The topological polar surface area (TPSA) is 78.8 Å². The van der Waals surface area contributed by atoms with Crippen LogP contribution in [0.15, 0.2) is 17.3 Å². The molecule has 70 valence electrons. The van der Waals surface area contributed by atoms with Gasteiger partial charge >= 0.3 is 0 Å². The molecule has 0 fully saturated rings. The number of halogens is 1. The summed E-state index contributed by atoms with van der Waals surface area (Å²) in [4.78, 5) is 0. The molecular weight excluding hydrogens is 192 g/mol. The van der Waals surface area contributed by atoms with Gasteiger partial charge in [0.15, 0.2) is 5.84 Å². The standard InChI is InChI=1S/C8H9ClN2O2/c1-4-2-5(8(10)11-13)6(9)3-7(4)12/h2-3,12-13H,1H3,(H2,10,11). The van der Waals surface area contributed by atoms with Crippen molar-refractivity contribution >= 4 is 17.4 Å².